The smallest absolute Gasteiger partial charge is 0.334 e. The van der Waals surface area contributed by atoms with Crippen molar-refractivity contribution in [3.8, 4) is 0 Å². The number of rotatable bonds is 3. The number of esters is 1. The molecule has 0 bridgehead atoms. The summed E-state index contributed by atoms with van der Waals surface area (Å²) < 4.78 is 5.71. The van der Waals surface area contributed by atoms with Crippen LogP contribution in [0.15, 0.2) is 23.3 Å². The van der Waals surface area contributed by atoms with Gasteiger partial charge in [0.1, 0.15) is 11.9 Å². The Morgan fingerprint density at radius 1 is 1.46 bits per heavy atom. The lowest BCUT2D eigenvalue weighted by Gasteiger charge is -2.44. The van der Waals surface area contributed by atoms with Crippen LogP contribution >= 0.6 is 0 Å². The fourth-order valence-electron chi connectivity index (χ4n) is 4.22. The quantitative estimate of drug-likeness (QED) is 0.487. The molecule has 4 atom stereocenters. The summed E-state index contributed by atoms with van der Waals surface area (Å²) in [7, 11) is 0. The first-order valence-electron chi connectivity index (χ1n) is 8.84. The zero-order valence-electron chi connectivity index (χ0n) is 15.7. The Labute approximate surface area is 145 Å². The number of carbonyl (C=O) groups excluding carboxylic acids is 2. The van der Waals surface area contributed by atoms with E-state index in [2.05, 4.69) is 0 Å². The van der Waals surface area contributed by atoms with Gasteiger partial charge in [-0.05, 0) is 58.4 Å². The van der Waals surface area contributed by atoms with E-state index in [1.54, 1.807) is 26.8 Å². The Kier molecular flexibility index (Phi) is 5.10. The second-order valence-corrected chi connectivity index (χ2v) is 7.92. The van der Waals surface area contributed by atoms with E-state index in [1.807, 2.05) is 26.8 Å². The highest BCUT2D eigenvalue weighted by molar-refractivity contribution is 5.92. The molecular formula is C20H30O4. The van der Waals surface area contributed by atoms with E-state index in [9.17, 15) is 14.7 Å². The molecule has 0 spiro atoms. The lowest BCUT2D eigenvalue weighted by Crippen LogP contribution is -2.56. The molecule has 2 rings (SSSR count). The third-order valence-electron chi connectivity index (χ3n) is 6.20. The van der Waals surface area contributed by atoms with Gasteiger partial charge in [0.15, 0.2) is 0 Å². The van der Waals surface area contributed by atoms with Crippen molar-refractivity contribution in [3.05, 3.63) is 23.3 Å². The highest BCUT2D eigenvalue weighted by Gasteiger charge is 2.66. The van der Waals surface area contributed by atoms with Crippen molar-refractivity contribution in [2.75, 3.05) is 0 Å². The molecule has 1 fully saturated rings. The number of carbonyl (C=O) groups is 2. The molecule has 4 heteroatoms. The molecule has 0 saturated heterocycles. The van der Waals surface area contributed by atoms with Gasteiger partial charge >= 0.3 is 5.97 Å². The Bertz CT molecular complexity index is 601. The minimum Gasteiger partial charge on any atom is -0.454 e. The van der Waals surface area contributed by atoms with Crippen LogP contribution in [0.3, 0.4) is 0 Å². The lowest BCUT2D eigenvalue weighted by atomic mass is 9.65. The summed E-state index contributed by atoms with van der Waals surface area (Å²) in [6.45, 7) is 11.3. The van der Waals surface area contributed by atoms with Crippen molar-refractivity contribution in [1.82, 2.24) is 0 Å². The summed E-state index contributed by atoms with van der Waals surface area (Å²) in [5.74, 6) is -0.366. The summed E-state index contributed by atoms with van der Waals surface area (Å²) >= 11 is 0. The Balaban J connectivity index is 2.50. The van der Waals surface area contributed by atoms with E-state index >= 15 is 0 Å². The largest absolute Gasteiger partial charge is 0.454 e. The van der Waals surface area contributed by atoms with Gasteiger partial charge in [-0.2, -0.15) is 0 Å². The molecule has 0 aromatic heterocycles. The number of fused-ring (bicyclic) bond motifs is 1. The van der Waals surface area contributed by atoms with E-state index in [0.29, 0.717) is 24.8 Å². The van der Waals surface area contributed by atoms with Gasteiger partial charge in [-0.15, -0.1) is 0 Å². The van der Waals surface area contributed by atoms with Crippen LogP contribution in [-0.2, 0) is 14.3 Å². The molecule has 24 heavy (non-hydrogen) atoms. The zero-order valence-corrected chi connectivity index (χ0v) is 15.7. The number of ketones is 1. The fourth-order valence-corrected chi connectivity index (χ4v) is 4.22. The molecule has 0 unspecified atom stereocenters. The van der Waals surface area contributed by atoms with E-state index in [0.717, 1.165) is 5.57 Å². The Morgan fingerprint density at radius 2 is 2.08 bits per heavy atom. The molecular weight excluding hydrogens is 304 g/mol. The van der Waals surface area contributed by atoms with Gasteiger partial charge in [0, 0.05) is 12.0 Å². The van der Waals surface area contributed by atoms with Crippen LogP contribution in [0.5, 0.6) is 0 Å². The van der Waals surface area contributed by atoms with Gasteiger partial charge in [-0.3, -0.25) is 4.79 Å². The third kappa shape index (κ3) is 2.75. The minimum atomic E-state index is -1.15. The van der Waals surface area contributed by atoms with Crippen molar-refractivity contribution in [2.45, 2.75) is 72.5 Å². The van der Waals surface area contributed by atoms with E-state index in [4.69, 9.17) is 4.74 Å². The van der Waals surface area contributed by atoms with Gasteiger partial charge in [0.05, 0.1) is 11.0 Å². The molecule has 0 aliphatic heterocycles. The monoisotopic (exact) mass is 334 g/mol. The average Bonchev–Trinajstić information content (AvgIpc) is 2.67. The van der Waals surface area contributed by atoms with Gasteiger partial charge in [0.25, 0.3) is 0 Å². The van der Waals surface area contributed by atoms with E-state index in [-0.39, 0.29) is 17.6 Å². The van der Waals surface area contributed by atoms with Crippen molar-refractivity contribution < 1.29 is 19.4 Å². The summed E-state index contributed by atoms with van der Waals surface area (Å²) in [6.07, 6.45) is 4.39. The predicted octanol–water partition coefficient (Wildman–Crippen LogP) is 3.59. The molecule has 4 nitrogen and oxygen atoms in total. The maximum absolute atomic E-state index is 12.9. The Morgan fingerprint density at radius 3 is 2.62 bits per heavy atom. The maximum Gasteiger partial charge on any atom is 0.334 e. The van der Waals surface area contributed by atoms with Crippen LogP contribution in [0.25, 0.3) is 0 Å². The molecule has 2 aliphatic rings. The first kappa shape index (κ1) is 18.9. The predicted molar refractivity (Wildman–Crippen MR) is 93.3 cm³/mol. The van der Waals surface area contributed by atoms with Crippen LogP contribution < -0.4 is 0 Å². The highest BCUT2D eigenvalue weighted by atomic mass is 16.5. The number of aliphatic hydroxyl groups is 1. The van der Waals surface area contributed by atoms with Crippen molar-refractivity contribution in [1.29, 1.82) is 0 Å². The van der Waals surface area contributed by atoms with Crippen molar-refractivity contribution in [3.63, 3.8) is 0 Å². The highest BCUT2D eigenvalue weighted by Crippen LogP contribution is 2.56. The van der Waals surface area contributed by atoms with Crippen LogP contribution in [0.4, 0.5) is 0 Å². The normalized spacial score (nSPS) is 37.1. The van der Waals surface area contributed by atoms with Crippen LogP contribution in [0, 0.1) is 17.3 Å². The fraction of sp³-hybridized carbons (Fsp3) is 0.700. The molecule has 1 N–H and O–H groups in total. The van der Waals surface area contributed by atoms with Crippen LogP contribution in [-0.4, -0.2) is 28.6 Å². The van der Waals surface area contributed by atoms with Gasteiger partial charge in [0.2, 0.25) is 0 Å². The van der Waals surface area contributed by atoms with Crippen LogP contribution in [0.1, 0.15) is 60.8 Å². The third-order valence-corrected chi connectivity index (χ3v) is 6.20. The summed E-state index contributed by atoms with van der Waals surface area (Å²) in [5, 5.41) is 11.6. The number of ether oxygens (including phenoxy) is 1. The van der Waals surface area contributed by atoms with E-state index < -0.39 is 23.1 Å². The number of Topliss-reactive ketones (excluding diaryl/α,β-unsaturated/α-hetero) is 1. The topological polar surface area (TPSA) is 63.6 Å². The Hall–Kier alpha value is -1.42. The molecule has 2 aliphatic carbocycles. The number of hydrogen-bond donors (Lipinski definition) is 1. The lowest BCUT2D eigenvalue weighted by molar-refractivity contribution is -0.171. The standard InChI is InChI=1S/C20H30O4/c1-7-14(5)18(22)24-17-10-13(4)8-9-20(23)15(12(2)3)11-16(21)19(17,20)6/h7,10,12,15,17,23H,8-9,11H2,1-6H3/b14-7+/t15-,17-,19-,20+/m1/s1. The molecule has 0 amide bonds. The SMILES string of the molecule is C/C=C(\C)C(=O)O[C@@H]1C=C(C)CC[C@]2(O)[C@@H](C(C)C)CC(=O)[C@]12C. The van der Waals surface area contributed by atoms with Crippen LogP contribution in [0.2, 0.25) is 0 Å². The maximum atomic E-state index is 12.9. The van der Waals surface area contributed by atoms with Crippen molar-refractivity contribution in [2.24, 2.45) is 17.3 Å². The second kappa shape index (κ2) is 6.47. The number of allylic oxidation sites excluding steroid dienone is 2. The first-order chi connectivity index (χ1) is 11.1. The first-order valence-corrected chi connectivity index (χ1v) is 8.84. The average molecular weight is 334 g/mol. The number of hydrogen-bond acceptors (Lipinski definition) is 4. The second-order valence-electron chi connectivity index (χ2n) is 7.92. The molecule has 0 radical (unpaired) electrons. The summed E-state index contributed by atoms with van der Waals surface area (Å²) in [6, 6.07) is 0. The molecule has 0 heterocycles. The minimum absolute atomic E-state index is 0.00872. The molecule has 1 saturated carbocycles. The van der Waals surface area contributed by atoms with Gasteiger partial charge in [-0.25, -0.2) is 4.79 Å². The molecule has 134 valence electrons. The zero-order chi connectivity index (χ0) is 18.3. The van der Waals surface area contributed by atoms with Gasteiger partial charge < -0.3 is 9.84 Å². The van der Waals surface area contributed by atoms with Gasteiger partial charge in [-0.1, -0.05) is 25.5 Å². The molecule has 0 aromatic rings. The molecule has 0 aromatic carbocycles. The van der Waals surface area contributed by atoms with Crippen molar-refractivity contribution >= 4 is 11.8 Å². The summed E-state index contributed by atoms with van der Waals surface area (Å²) in [4.78, 5) is 25.3. The van der Waals surface area contributed by atoms with E-state index in [1.165, 1.54) is 0 Å². The summed E-state index contributed by atoms with van der Waals surface area (Å²) in [5.41, 5.74) is -0.696.